The standard InChI is InChI=1S/C24H20Cl2N2O4/c1-22(2)23(3)6-7-24(22,21(29)32-16-5-4-12(25)8-13(16)26)20-19(23)27-14-9-17-18(31-11-30-17)10-15(14)28-20/h4-5,8-10H,6-7,11H2,1-3H3. The van der Waals surface area contributed by atoms with Gasteiger partial charge in [-0.25, -0.2) is 9.97 Å². The zero-order valence-electron chi connectivity index (χ0n) is 17.8. The predicted molar refractivity (Wildman–Crippen MR) is 120 cm³/mol. The van der Waals surface area contributed by atoms with E-state index in [-0.39, 0.29) is 28.9 Å². The first-order valence-corrected chi connectivity index (χ1v) is 11.2. The molecule has 164 valence electrons. The Bertz CT molecular complexity index is 1340. The number of fused-ring (bicyclic) bond motifs is 7. The molecule has 0 saturated heterocycles. The van der Waals surface area contributed by atoms with Crippen molar-refractivity contribution in [2.24, 2.45) is 5.41 Å². The Balaban J connectivity index is 1.53. The summed E-state index contributed by atoms with van der Waals surface area (Å²) in [5.41, 5.74) is 1.17. The minimum Gasteiger partial charge on any atom is -0.454 e. The summed E-state index contributed by atoms with van der Waals surface area (Å²) in [6.45, 7) is 6.54. The van der Waals surface area contributed by atoms with Crippen LogP contribution in [-0.4, -0.2) is 22.7 Å². The Labute approximate surface area is 194 Å². The summed E-state index contributed by atoms with van der Waals surface area (Å²) in [5.74, 6) is 1.20. The summed E-state index contributed by atoms with van der Waals surface area (Å²) < 4.78 is 16.9. The summed E-state index contributed by atoms with van der Waals surface area (Å²) in [6.07, 6.45) is 1.43. The fourth-order valence-electron chi connectivity index (χ4n) is 5.69. The van der Waals surface area contributed by atoms with Crippen LogP contribution in [0.25, 0.3) is 11.0 Å². The van der Waals surface area contributed by atoms with E-state index in [1.165, 1.54) is 0 Å². The molecule has 0 radical (unpaired) electrons. The van der Waals surface area contributed by atoms with Crippen molar-refractivity contribution < 1.29 is 19.0 Å². The third-order valence-electron chi connectivity index (χ3n) is 7.98. The third kappa shape index (κ3) is 2.29. The van der Waals surface area contributed by atoms with E-state index in [0.29, 0.717) is 34.2 Å². The van der Waals surface area contributed by atoms with E-state index in [1.54, 1.807) is 18.2 Å². The summed E-state index contributed by atoms with van der Waals surface area (Å²) in [6, 6.07) is 8.50. The largest absolute Gasteiger partial charge is 0.454 e. The topological polar surface area (TPSA) is 70.5 Å². The van der Waals surface area contributed by atoms with Gasteiger partial charge in [0.1, 0.15) is 11.2 Å². The van der Waals surface area contributed by atoms with Gasteiger partial charge in [0, 0.05) is 22.6 Å². The van der Waals surface area contributed by atoms with E-state index in [0.717, 1.165) is 17.6 Å². The molecule has 3 aromatic rings. The van der Waals surface area contributed by atoms with Crippen molar-refractivity contribution in [3.8, 4) is 17.2 Å². The highest BCUT2D eigenvalue weighted by Gasteiger charge is 2.74. The van der Waals surface area contributed by atoms with E-state index < -0.39 is 10.8 Å². The number of hydrogen-bond donors (Lipinski definition) is 0. The molecule has 32 heavy (non-hydrogen) atoms. The lowest BCUT2D eigenvalue weighted by molar-refractivity contribution is -0.145. The van der Waals surface area contributed by atoms with Gasteiger partial charge >= 0.3 is 5.97 Å². The molecule has 0 spiro atoms. The molecule has 8 heteroatoms. The highest BCUT2D eigenvalue weighted by molar-refractivity contribution is 6.35. The molecular formula is C24H20Cl2N2O4. The van der Waals surface area contributed by atoms with Gasteiger partial charge in [-0.1, -0.05) is 44.0 Å². The van der Waals surface area contributed by atoms with Crippen molar-refractivity contribution in [2.45, 2.75) is 44.4 Å². The van der Waals surface area contributed by atoms with Gasteiger partial charge in [-0.05, 0) is 36.5 Å². The summed E-state index contributed by atoms with van der Waals surface area (Å²) in [7, 11) is 0. The highest BCUT2D eigenvalue weighted by Crippen LogP contribution is 2.70. The number of aromatic nitrogens is 2. The molecular weight excluding hydrogens is 451 g/mol. The molecule has 2 atom stereocenters. The van der Waals surface area contributed by atoms with Crippen LogP contribution in [0.2, 0.25) is 10.0 Å². The quantitative estimate of drug-likeness (QED) is 0.358. The van der Waals surface area contributed by atoms with E-state index in [4.69, 9.17) is 47.4 Å². The Morgan fingerprint density at radius 3 is 2.28 bits per heavy atom. The van der Waals surface area contributed by atoms with Crippen LogP contribution < -0.4 is 14.2 Å². The molecule has 1 fully saturated rings. The molecule has 1 saturated carbocycles. The van der Waals surface area contributed by atoms with Crippen molar-refractivity contribution >= 4 is 40.2 Å². The maximum Gasteiger partial charge on any atom is 0.324 e. The number of rotatable bonds is 2. The van der Waals surface area contributed by atoms with Crippen LogP contribution in [0.4, 0.5) is 0 Å². The van der Waals surface area contributed by atoms with Gasteiger partial charge < -0.3 is 14.2 Å². The first kappa shape index (κ1) is 20.1. The molecule has 6 nitrogen and oxygen atoms in total. The maximum absolute atomic E-state index is 13.8. The average molecular weight is 471 g/mol. The minimum atomic E-state index is -0.947. The fraction of sp³-hybridized carbons (Fsp3) is 0.375. The van der Waals surface area contributed by atoms with Crippen LogP contribution in [-0.2, 0) is 15.6 Å². The molecule has 1 aromatic heterocycles. The summed E-state index contributed by atoms with van der Waals surface area (Å²) >= 11 is 12.3. The fourth-order valence-corrected chi connectivity index (χ4v) is 6.14. The van der Waals surface area contributed by atoms with Crippen molar-refractivity contribution in [3.63, 3.8) is 0 Å². The molecule has 6 rings (SSSR count). The number of esters is 1. The van der Waals surface area contributed by atoms with Gasteiger partial charge in [0.05, 0.1) is 27.4 Å². The Hall–Kier alpha value is -2.57. The monoisotopic (exact) mass is 470 g/mol. The van der Waals surface area contributed by atoms with E-state index in [1.807, 2.05) is 12.1 Å². The normalized spacial score (nSPS) is 26.4. The van der Waals surface area contributed by atoms with Crippen molar-refractivity contribution in [1.29, 1.82) is 0 Å². The number of nitrogens with zero attached hydrogens (tertiary/aromatic N) is 2. The lowest BCUT2D eigenvalue weighted by Gasteiger charge is -2.38. The number of hydrogen-bond acceptors (Lipinski definition) is 6. The zero-order valence-corrected chi connectivity index (χ0v) is 19.3. The van der Waals surface area contributed by atoms with Crippen LogP contribution in [0, 0.1) is 5.41 Å². The minimum absolute atomic E-state index is 0.175. The molecule has 2 bridgehead atoms. The lowest BCUT2D eigenvalue weighted by atomic mass is 9.64. The molecule has 1 aliphatic heterocycles. The third-order valence-corrected chi connectivity index (χ3v) is 8.51. The maximum atomic E-state index is 13.8. The van der Waals surface area contributed by atoms with Crippen LogP contribution in [0.15, 0.2) is 30.3 Å². The smallest absolute Gasteiger partial charge is 0.324 e. The number of halogens is 2. The SMILES string of the molecule is CC12CCC(C(=O)Oc3ccc(Cl)cc3Cl)(c3nc4cc5c(cc4nc31)OCO5)C2(C)C. The molecule has 0 amide bonds. The van der Waals surface area contributed by atoms with E-state index >= 15 is 0 Å². The Kier molecular flexibility index (Phi) is 3.93. The van der Waals surface area contributed by atoms with Crippen LogP contribution in [0.5, 0.6) is 17.2 Å². The summed E-state index contributed by atoms with van der Waals surface area (Å²) in [4.78, 5) is 23.8. The van der Waals surface area contributed by atoms with Gasteiger partial charge in [-0.2, -0.15) is 0 Å². The second-order valence-corrected chi connectivity index (χ2v) is 10.3. The van der Waals surface area contributed by atoms with Crippen molar-refractivity contribution in [2.75, 3.05) is 6.79 Å². The first-order valence-electron chi connectivity index (χ1n) is 10.5. The van der Waals surface area contributed by atoms with Gasteiger partial charge in [0.15, 0.2) is 11.5 Å². The zero-order chi connectivity index (χ0) is 22.5. The average Bonchev–Trinajstić information content (AvgIpc) is 3.32. The molecule has 2 aromatic carbocycles. The van der Waals surface area contributed by atoms with Gasteiger partial charge in [-0.15, -0.1) is 0 Å². The molecule has 2 unspecified atom stereocenters. The van der Waals surface area contributed by atoms with Gasteiger partial charge in [0.25, 0.3) is 0 Å². The van der Waals surface area contributed by atoms with Crippen LogP contribution >= 0.6 is 23.2 Å². The number of carbonyl (C=O) groups excluding carboxylic acids is 1. The van der Waals surface area contributed by atoms with Gasteiger partial charge in [0.2, 0.25) is 6.79 Å². The highest BCUT2D eigenvalue weighted by atomic mass is 35.5. The summed E-state index contributed by atoms with van der Waals surface area (Å²) in [5, 5.41) is 0.764. The van der Waals surface area contributed by atoms with Gasteiger partial charge in [-0.3, -0.25) is 4.79 Å². The van der Waals surface area contributed by atoms with Crippen LogP contribution in [0.3, 0.4) is 0 Å². The van der Waals surface area contributed by atoms with Crippen LogP contribution in [0.1, 0.15) is 45.0 Å². The second kappa shape index (κ2) is 6.27. The number of benzene rings is 2. The predicted octanol–water partition coefficient (Wildman–Crippen LogP) is 5.60. The Morgan fingerprint density at radius 2 is 1.62 bits per heavy atom. The van der Waals surface area contributed by atoms with E-state index in [9.17, 15) is 4.79 Å². The lowest BCUT2D eigenvalue weighted by Crippen LogP contribution is -2.48. The molecule has 2 heterocycles. The Morgan fingerprint density at radius 1 is 0.969 bits per heavy atom. The second-order valence-electron chi connectivity index (χ2n) is 9.44. The van der Waals surface area contributed by atoms with Crippen molar-refractivity contribution in [3.05, 3.63) is 51.8 Å². The molecule has 2 aliphatic carbocycles. The number of ether oxygens (including phenoxy) is 3. The number of carbonyl (C=O) groups is 1. The van der Waals surface area contributed by atoms with Crippen molar-refractivity contribution in [1.82, 2.24) is 9.97 Å². The molecule has 3 aliphatic rings. The first-order chi connectivity index (χ1) is 15.2. The molecule has 0 N–H and O–H groups in total. The van der Waals surface area contributed by atoms with E-state index in [2.05, 4.69) is 20.8 Å².